The Morgan fingerprint density at radius 1 is 1.23 bits per heavy atom. The number of rotatable bonds is 8. The van der Waals surface area contributed by atoms with Gasteiger partial charge < -0.3 is 5.32 Å². The van der Waals surface area contributed by atoms with Gasteiger partial charge in [-0.2, -0.15) is 10.2 Å². The van der Waals surface area contributed by atoms with Gasteiger partial charge in [-0.15, -0.1) is 11.3 Å². The van der Waals surface area contributed by atoms with Crippen molar-refractivity contribution < 1.29 is 4.79 Å². The maximum absolute atomic E-state index is 13.0. The summed E-state index contributed by atoms with van der Waals surface area (Å²) in [4.78, 5) is 23.3. The molecule has 1 amide bonds. The molecule has 9 heteroatoms. The van der Waals surface area contributed by atoms with E-state index < -0.39 is 0 Å². The Morgan fingerprint density at radius 2 is 2.10 bits per heavy atom. The van der Waals surface area contributed by atoms with Crippen LogP contribution in [-0.2, 0) is 20.0 Å². The van der Waals surface area contributed by atoms with Crippen LogP contribution in [0.3, 0.4) is 0 Å². The summed E-state index contributed by atoms with van der Waals surface area (Å²) in [6.07, 6.45) is 7.80. The Balaban J connectivity index is 1.66. The van der Waals surface area contributed by atoms with E-state index in [0.29, 0.717) is 18.1 Å². The highest BCUT2D eigenvalue weighted by Crippen LogP contribution is 2.26. The van der Waals surface area contributed by atoms with Crippen LogP contribution >= 0.6 is 11.3 Å². The number of aryl methyl sites for hydroxylation is 2. The summed E-state index contributed by atoms with van der Waals surface area (Å²) in [5.41, 5.74) is 4.20. The first kappa shape index (κ1) is 20.9. The van der Waals surface area contributed by atoms with Crippen molar-refractivity contribution >= 4 is 17.2 Å². The number of thiophene rings is 1. The molecule has 0 unspecified atom stereocenters. The van der Waals surface area contributed by atoms with Gasteiger partial charge in [0.1, 0.15) is 0 Å². The molecule has 31 heavy (non-hydrogen) atoms. The van der Waals surface area contributed by atoms with E-state index in [9.17, 15) is 4.79 Å². The van der Waals surface area contributed by atoms with Crippen molar-refractivity contribution in [3.63, 3.8) is 0 Å². The van der Waals surface area contributed by atoms with E-state index in [0.717, 1.165) is 46.8 Å². The van der Waals surface area contributed by atoms with Gasteiger partial charge >= 0.3 is 0 Å². The SMILES string of the molecule is CCCCc1c(C(=O)NCc2ccnn2C)cnn1-c1ncc(C)c(-c2cccs2)n1. The van der Waals surface area contributed by atoms with Crippen LogP contribution in [0.25, 0.3) is 16.5 Å². The van der Waals surface area contributed by atoms with E-state index in [2.05, 4.69) is 27.4 Å². The molecule has 0 aromatic carbocycles. The second-order valence-electron chi connectivity index (χ2n) is 7.33. The fourth-order valence-electron chi connectivity index (χ4n) is 3.36. The summed E-state index contributed by atoms with van der Waals surface area (Å²) in [5.74, 6) is 0.315. The third-order valence-corrected chi connectivity index (χ3v) is 6.01. The molecule has 1 N–H and O–H groups in total. The van der Waals surface area contributed by atoms with Crippen LogP contribution in [0.5, 0.6) is 0 Å². The minimum absolute atomic E-state index is 0.163. The molecular formula is C22H25N7OS. The molecule has 4 heterocycles. The second-order valence-corrected chi connectivity index (χ2v) is 8.28. The summed E-state index contributed by atoms with van der Waals surface area (Å²) in [5, 5.41) is 13.6. The molecule has 4 aromatic heterocycles. The Morgan fingerprint density at radius 3 is 2.81 bits per heavy atom. The number of nitrogens with one attached hydrogen (secondary N) is 1. The van der Waals surface area contributed by atoms with Gasteiger partial charge in [0, 0.05) is 19.4 Å². The lowest BCUT2D eigenvalue weighted by Crippen LogP contribution is -2.25. The molecule has 4 rings (SSSR count). The Labute approximate surface area is 185 Å². The third-order valence-electron chi connectivity index (χ3n) is 5.14. The molecule has 0 bridgehead atoms. The van der Waals surface area contributed by atoms with Gasteiger partial charge in [0.25, 0.3) is 11.9 Å². The fourth-order valence-corrected chi connectivity index (χ4v) is 4.14. The lowest BCUT2D eigenvalue weighted by molar-refractivity contribution is 0.0949. The minimum atomic E-state index is -0.163. The number of aromatic nitrogens is 6. The van der Waals surface area contributed by atoms with E-state index in [1.165, 1.54) is 0 Å². The molecule has 0 atom stereocenters. The summed E-state index contributed by atoms with van der Waals surface area (Å²) in [7, 11) is 1.85. The topological polar surface area (TPSA) is 90.5 Å². The predicted octanol–water partition coefficient (Wildman–Crippen LogP) is 3.71. The van der Waals surface area contributed by atoms with Gasteiger partial charge in [-0.3, -0.25) is 9.48 Å². The molecule has 0 saturated carbocycles. The molecule has 0 aliphatic carbocycles. The summed E-state index contributed by atoms with van der Waals surface area (Å²) >= 11 is 1.64. The largest absolute Gasteiger partial charge is 0.346 e. The van der Waals surface area contributed by atoms with Gasteiger partial charge in [-0.1, -0.05) is 19.4 Å². The standard InChI is InChI=1S/C22H25N7OS/c1-4-5-7-18-17(21(30)23-13-16-9-10-25-28(16)3)14-26-29(18)22-24-12-15(2)20(27-22)19-8-6-11-31-19/h6,8-12,14H,4-5,7,13H2,1-3H3,(H,23,30). The monoisotopic (exact) mass is 435 g/mol. The zero-order chi connectivity index (χ0) is 21.8. The van der Waals surface area contributed by atoms with Crippen molar-refractivity contribution in [2.24, 2.45) is 7.05 Å². The van der Waals surface area contributed by atoms with E-state index >= 15 is 0 Å². The number of amides is 1. The summed E-state index contributed by atoms with van der Waals surface area (Å²) in [6, 6.07) is 5.93. The molecule has 0 saturated heterocycles. The van der Waals surface area contributed by atoms with Gasteiger partial charge in [0.2, 0.25) is 0 Å². The third kappa shape index (κ3) is 4.41. The van der Waals surface area contributed by atoms with Crippen molar-refractivity contribution in [1.82, 2.24) is 34.8 Å². The Hall–Kier alpha value is -3.33. The maximum Gasteiger partial charge on any atom is 0.255 e. The number of carbonyl (C=O) groups excluding carboxylic acids is 1. The normalized spacial score (nSPS) is 11.1. The zero-order valence-corrected chi connectivity index (χ0v) is 18.7. The van der Waals surface area contributed by atoms with Crippen molar-refractivity contribution in [2.75, 3.05) is 0 Å². The smallest absolute Gasteiger partial charge is 0.255 e. The Kier molecular flexibility index (Phi) is 6.22. The lowest BCUT2D eigenvalue weighted by atomic mass is 10.1. The van der Waals surface area contributed by atoms with Crippen molar-refractivity contribution in [1.29, 1.82) is 0 Å². The first-order chi connectivity index (χ1) is 15.1. The molecular weight excluding hydrogens is 410 g/mol. The van der Waals surface area contributed by atoms with Crippen molar-refractivity contribution in [3.05, 3.63) is 64.7 Å². The van der Waals surface area contributed by atoms with Crippen LogP contribution in [0.1, 0.15) is 47.1 Å². The lowest BCUT2D eigenvalue weighted by Gasteiger charge is -2.10. The molecule has 0 radical (unpaired) electrons. The van der Waals surface area contributed by atoms with Crippen molar-refractivity contribution in [3.8, 4) is 16.5 Å². The van der Waals surface area contributed by atoms with Gasteiger partial charge in [0.05, 0.1) is 40.3 Å². The van der Waals surface area contributed by atoms with Crippen LogP contribution in [-0.4, -0.2) is 35.4 Å². The number of nitrogens with zero attached hydrogens (tertiary/aromatic N) is 6. The molecule has 160 valence electrons. The average molecular weight is 436 g/mol. The number of hydrogen-bond acceptors (Lipinski definition) is 6. The van der Waals surface area contributed by atoms with Crippen LogP contribution in [0.15, 0.2) is 42.2 Å². The fraction of sp³-hybridized carbons (Fsp3) is 0.318. The van der Waals surface area contributed by atoms with Crippen molar-refractivity contribution in [2.45, 2.75) is 39.7 Å². The van der Waals surface area contributed by atoms with E-state index in [1.54, 1.807) is 33.1 Å². The highest BCUT2D eigenvalue weighted by molar-refractivity contribution is 7.13. The van der Waals surface area contributed by atoms with Crippen LogP contribution < -0.4 is 5.32 Å². The summed E-state index contributed by atoms with van der Waals surface area (Å²) < 4.78 is 3.44. The maximum atomic E-state index is 13.0. The number of hydrogen-bond donors (Lipinski definition) is 1. The highest BCUT2D eigenvalue weighted by atomic mass is 32.1. The first-order valence-corrected chi connectivity index (χ1v) is 11.2. The van der Waals surface area contributed by atoms with Crippen LogP contribution in [0.2, 0.25) is 0 Å². The average Bonchev–Trinajstić information content (AvgIpc) is 3.52. The molecule has 0 aliphatic heterocycles. The number of carbonyl (C=O) groups is 1. The van der Waals surface area contributed by atoms with E-state index in [4.69, 9.17) is 4.98 Å². The molecule has 0 aliphatic rings. The van der Waals surface area contributed by atoms with Crippen LogP contribution in [0.4, 0.5) is 0 Å². The number of unbranched alkanes of at least 4 members (excludes halogenated alkanes) is 1. The van der Waals surface area contributed by atoms with Crippen LogP contribution in [0, 0.1) is 6.92 Å². The molecule has 0 fully saturated rings. The quantitative estimate of drug-likeness (QED) is 0.456. The van der Waals surface area contributed by atoms with Gasteiger partial charge in [0.15, 0.2) is 0 Å². The molecule has 0 spiro atoms. The zero-order valence-electron chi connectivity index (χ0n) is 17.9. The first-order valence-electron chi connectivity index (χ1n) is 10.3. The molecule has 4 aromatic rings. The van der Waals surface area contributed by atoms with E-state index in [1.807, 2.05) is 43.7 Å². The molecule has 8 nitrogen and oxygen atoms in total. The van der Waals surface area contributed by atoms with Gasteiger partial charge in [-0.25, -0.2) is 14.6 Å². The predicted molar refractivity (Wildman–Crippen MR) is 120 cm³/mol. The highest BCUT2D eigenvalue weighted by Gasteiger charge is 2.20. The minimum Gasteiger partial charge on any atom is -0.346 e. The Bertz CT molecular complexity index is 1180. The van der Waals surface area contributed by atoms with Gasteiger partial charge in [-0.05, 0) is 42.8 Å². The summed E-state index contributed by atoms with van der Waals surface area (Å²) in [6.45, 7) is 4.52. The van der Waals surface area contributed by atoms with E-state index in [-0.39, 0.29) is 5.91 Å². The second kappa shape index (κ2) is 9.22.